The van der Waals surface area contributed by atoms with Crippen LogP contribution in [0.5, 0.6) is 0 Å². The topological polar surface area (TPSA) is 83.0 Å². The van der Waals surface area contributed by atoms with E-state index in [1.807, 2.05) is 12.2 Å². The lowest BCUT2D eigenvalue weighted by atomic mass is 10.2. The number of carboxylic acids is 1. The van der Waals surface area contributed by atoms with Crippen LogP contribution in [0.4, 0.5) is 0 Å². The molecule has 2 heterocycles. The molecule has 0 unspecified atom stereocenters. The number of fused-ring (bicyclic) bond motifs is 1. The van der Waals surface area contributed by atoms with Gasteiger partial charge in [0.15, 0.2) is 5.16 Å². The number of H-pyrrole nitrogens is 1. The summed E-state index contributed by atoms with van der Waals surface area (Å²) in [6.45, 7) is 5.19. The van der Waals surface area contributed by atoms with Gasteiger partial charge in [0.2, 0.25) is 0 Å². The highest BCUT2D eigenvalue weighted by molar-refractivity contribution is 7.99. The fourth-order valence-electron chi connectivity index (χ4n) is 1.68. The number of carbonyl (C=O) groups is 1. The normalized spacial score (nSPS) is 11.2. The first kappa shape index (κ1) is 14.5. The summed E-state index contributed by atoms with van der Waals surface area (Å²) in [4.78, 5) is 30.7. The first-order valence-corrected chi connectivity index (χ1v) is 7.52. The van der Waals surface area contributed by atoms with Crippen LogP contribution in [0.25, 0.3) is 10.2 Å². The number of rotatable bonds is 5. The molecule has 2 aromatic heterocycles. The molecule has 0 radical (unpaired) electrons. The number of nitrogens with zero attached hydrogens (tertiary/aromatic N) is 1. The molecule has 0 spiro atoms. The minimum Gasteiger partial charge on any atom is -0.477 e. The molecule has 2 N–H and O–H groups in total. The number of aromatic carboxylic acids is 1. The maximum atomic E-state index is 12.0. The van der Waals surface area contributed by atoms with Crippen LogP contribution in [-0.2, 0) is 0 Å². The second-order valence-corrected chi connectivity index (χ2v) is 5.90. The van der Waals surface area contributed by atoms with Gasteiger partial charge in [-0.15, -0.1) is 11.3 Å². The monoisotopic (exact) mass is 308 g/mol. The number of hydrogen-bond acceptors (Lipinski definition) is 5. The summed E-state index contributed by atoms with van der Waals surface area (Å²) in [5, 5.41) is 9.91. The Balaban J connectivity index is 2.42. The summed E-state index contributed by atoms with van der Waals surface area (Å²) in [5.74, 6) is -0.385. The first-order valence-electron chi connectivity index (χ1n) is 5.71. The zero-order chi connectivity index (χ0) is 14.7. The fourth-order valence-corrected chi connectivity index (χ4v) is 3.44. The summed E-state index contributed by atoms with van der Waals surface area (Å²) in [6.07, 6.45) is 5.37. The predicted octanol–water partition coefficient (Wildman–Crippen LogP) is 2.83. The van der Waals surface area contributed by atoms with Crippen molar-refractivity contribution in [2.75, 3.05) is 5.75 Å². The molecule has 104 valence electrons. The molecule has 20 heavy (non-hydrogen) atoms. The number of aromatic nitrogens is 2. The largest absolute Gasteiger partial charge is 0.477 e. The molecule has 7 heteroatoms. The van der Waals surface area contributed by atoms with E-state index in [4.69, 9.17) is 5.11 Å². The lowest BCUT2D eigenvalue weighted by Gasteiger charge is -1.97. The van der Waals surface area contributed by atoms with E-state index in [1.54, 1.807) is 13.0 Å². The van der Waals surface area contributed by atoms with Gasteiger partial charge >= 0.3 is 5.97 Å². The maximum absolute atomic E-state index is 12.0. The van der Waals surface area contributed by atoms with Gasteiger partial charge in [0.25, 0.3) is 5.56 Å². The standard InChI is InChI=1S/C13H12N2O3S2/c1-3-4-5-6-19-13-14-10(16)8-7(2)9(12(17)18)20-11(8)15-13/h3-5H,1,6H2,2H3,(H,17,18)(H,14,15,16). The minimum atomic E-state index is -1.03. The quantitative estimate of drug-likeness (QED) is 0.504. The number of nitrogens with one attached hydrogen (secondary N) is 1. The van der Waals surface area contributed by atoms with E-state index in [9.17, 15) is 9.59 Å². The molecule has 0 aliphatic carbocycles. The van der Waals surface area contributed by atoms with Crippen molar-refractivity contribution < 1.29 is 9.90 Å². The van der Waals surface area contributed by atoms with Gasteiger partial charge in [-0.2, -0.15) is 0 Å². The fraction of sp³-hybridized carbons (Fsp3) is 0.154. The summed E-state index contributed by atoms with van der Waals surface area (Å²) in [5.41, 5.74) is 0.167. The lowest BCUT2D eigenvalue weighted by molar-refractivity contribution is 0.0701. The van der Waals surface area contributed by atoms with E-state index in [0.29, 0.717) is 26.7 Å². The van der Waals surface area contributed by atoms with Gasteiger partial charge < -0.3 is 10.1 Å². The Kier molecular flexibility index (Phi) is 4.41. The summed E-state index contributed by atoms with van der Waals surface area (Å²) >= 11 is 2.40. The van der Waals surface area contributed by atoms with Gasteiger partial charge in [0.1, 0.15) is 9.71 Å². The van der Waals surface area contributed by atoms with Gasteiger partial charge in [-0.25, -0.2) is 9.78 Å². The van der Waals surface area contributed by atoms with E-state index in [0.717, 1.165) is 11.3 Å². The third kappa shape index (κ3) is 2.83. The third-order valence-corrected chi connectivity index (χ3v) is 4.56. The van der Waals surface area contributed by atoms with Gasteiger partial charge in [0.05, 0.1) is 5.39 Å². The van der Waals surface area contributed by atoms with Crippen molar-refractivity contribution in [2.24, 2.45) is 0 Å². The van der Waals surface area contributed by atoms with Crippen molar-refractivity contribution in [2.45, 2.75) is 12.1 Å². The van der Waals surface area contributed by atoms with Gasteiger partial charge in [-0.1, -0.05) is 36.6 Å². The zero-order valence-corrected chi connectivity index (χ0v) is 12.3. The molecule has 0 aromatic carbocycles. The molecule has 0 atom stereocenters. The summed E-state index contributed by atoms with van der Waals surface area (Å²) in [7, 11) is 0. The maximum Gasteiger partial charge on any atom is 0.346 e. The van der Waals surface area contributed by atoms with E-state index in [2.05, 4.69) is 16.5 Å². The number of hydrogen-bond donors (Lipinski definition) is 2. The SMILES string of the molecule is C=CC=CCSc1nc2sc(C(=O)O)c(C)c2c(=O)[nH]1. The Hall–Kier alpha value is -1.86. The number of thiophene rings is 1. The molecular weight excluding hydrogens is 296 g/mol. The molecule has 2 rings (SSSR count). The highest BCUT2D eigenvalue weighted by Gasteiger charge is 2.18. The Morgan fingerprint density at radius 2 is 2.35 bits per heavy atom. The average Bonchev–Trinajstić information content (AvgIpc) is 2.73. The molecule has 5 nitrogen and oxygen atoms in total. The molecule has 0 fully saturated rings. The molecule has 2 aromatic rings. The van der Waals surface area contributed by atoms with Crippen molar-refractivity contribution in [3.05, 3.63) is 45.6 Å². The highest BCUT2D eigenvalue weighted by Crippen LogP contribution is 2.28. The Bertz CT molecular complexity index is 759. The van der Waals surface area contributed by atoms with Crippen molar-refractivity contribution in [3.63, 3.8) is 0 Å². The highest BCUT2D eigenvalue weighted by atomic mass is 32.2. The second-order valence-electron chi connectivity index (χ2n) is 3.89. The van der Waals surface area contributed by atoms with Crippen LogP contribution in [0, 0.1) is 6.92 Å². The number of aromatic amines is 1. The predicted molar refractivity (Wildman–Crippen MR) is 82.0 cm³/mol. The number of carboxylic acid groups (broad SMARTS) is 1. The molecule has 0 bridgehead atoms. The second kappa shape index (κ2) is 6.06. The van der Waals surface area contributed by atoms with Gasteiger partial charge in [-0.3, -0.25) is 4.79 Å². The third-order valence-electron chi connectivity index (χ3n) is 2.56. The van der Waals surface area contributed by atoms with Crippen LogP contribution < -0.4 is 5.56 Å². The molecule has 0 saturated heterocycles. The van der Waals surface area contributed by atoms with E-state index < -0.39 is 5.97 Å². The van der Waals surface area contributed by atoms with Crippen LogP contribution in [0.15, 0.2) is 34.8 Å². The zero-order valence-electron chi connectivity index (χ0n) is 10.7. The minimum absolute atomic E-state index is 0.159. The van der Waals surface area contributed by atoms with Crippen LogP contribution in [-0.4, -0.2) is 26.8 Å². The average molecular weight is 308 g/mol. The summed E-state index contributed by atoms with van der Waals surface area (Å²) in [6, 6.07) is 0. The van der Waals surface area contributed by atoms with Crippen molar-refractivity contribution in [3.8, 4) is 0 Å². The molecule has 0 saturated carbocycles. The Labute approximate surface area is 123 Å². The van der Waals surface area contributed by atoms with E-state index in [-0.39, 0.29) is 10.4 Å². The first-order chi connectivity index (χ1) is 9.54. The molecule has 0 aliphatic heterocycles. The van der Waals surface area contributed by atoms with Crippen LogP contribution >= 0.6 is 23.1 Å². The molecule has 0 amide bonds. The number of thioether (sulfide) groups is 1. The molecular formula is C13H12N2O3S2. The lowest BCUT2D eigenvalue weighted by Crippen LogP contribution is -2.09. The van der Waals surface area contributed by atoms with Crippen LogP contribution in [0.3, 0.4) is 0 Å². The van der Waals surface area contributed by atoms with Crippen LogP contribution in [0.1, 0.15) is 15.2 Å². The number of allylic oxidation sites excluding steroid dienone is 2. The summed E-state index contributed by atoms with van der Waals surface area (Å²) < 4.78 is 0. The smallest absolute Gasteiger partial charge is 0.346 e. The number of aryl methyl sites for hydroxylation is 1. The molecule has 0 aliphatic rings. The Morgan fingerprint density at radius 3 is 3.00 bits per heavy atom. The van der Waals surface area contributed by atoms with E-state index >= 15 is 0 Å². The van der Waals surface area contributed by atoms with Gasteiger partial charge in [-0.05, 0) is 12.5 Å². The Morgan fingerprint density at radius 1 is 1.60 bits per heavy atom. The van der Waals surface area contributed by atoms with Gasteiger partial charge in [0, 0.05) is 5.75 Å². The van der Waals surface area contributed by atoms with Crippen molar-refractivity contribution >= 4 is 39.3 Å². The van der Waals surface area contributed by atoms with Crippen molar-refractivity contribution in [1.29, 1.82) is 0 Å². The van der Waals surface area contributed by atoms with Crippen LogP contribution in [0.2, 0.25) is 0 Å². The van der Waals surface area contributed by atoms with E-state index in [1.165, 1.54) is 11.8 Å². The van der Waals surface area contributed by atoms with Crippen molar-refractivity contribution in [1.82, 2.24) is 9.97 Å².